The molecule has 0 fully saturated rings. The zero-order valence-electron chi connectivity index (χ0n) is 8.52. The average molecular weight is 280 g/mol. The number of hydrogen-bond acceptors (Lipinski definition) is 0. The molecule has 3 aromatic carbocycles. The molecule has 0 heterocycles. The third kappa shape index (κ3) is 1.77. The van der Waals surface area contributed by atoms with Crippen molar-refractivity contribution in [3.05, 3.63) is 57.5 Å². The minimum Gasteiger partial charge on any atom is -0.0836 e. The first-order chi connectivity index (χ1) is 8.16. The van der Waals surface area contributed by atoms with Crippen LogP contribution in [0.2, 0.25) is 15.1 Å². The minimum atomic E-state index is 0.441. The summed E-state index contributed by atoms with van der Waals surface area (Å²) in [6, 6.07) is 15.5. The SMILES string of the molecule is Clc1[c]c2ccc3c(Cl)c(Cl)[c]cc3c2cc1. The predicted molar refractivity (Wildman–Crippen MR) is 74.2 cm³/mol. The van der Waals surface area contributed by atoms with E-state index in [1.54, 1.807) is 0 Å². The van der Waals surface area contributed by atoms with Crippen LogP contribution >= 0.6 is 34.8 Å². The summed E-state index contributed by atoms with van der Waals surface area (Å²) in [5, 5.41) is 5.49. The third-order valence-electron chi connectivity index (χ3n) is 2.71. The van der Waals surface area contributed by atoms with Crippen LogP contribution in [-0.4, -0.2) is 0 Å². The Labute approximate surface area is 114 Å². The van der Waals surface area contributed by atoms with Gasteiger partial charge in [0, 0.05) is 22.5 Å². The third-order valence-corrected chi connectivity index (χ3v) is 3.72. The van der Waals surface area contributed by atoms with E-state index in [0.717, 1.165) is 21.5 Å². The van der Waals surface area contributed by atoms with E-state index in [1.807, 2.05) is 30.3 Å². The average Bonchev–Trinajstić information content (AvgIpc) is 2.33. The molecule has 0 aliphatic carbocycles. The summed E-state index contributed by atoms with van der Waals surface area (Å²) in [7, 11) is 0. The highest BCUT2D eigenvalue weighted by molar-refractivity contribution is 6.45. The molecule has 0 N–H and O–H groups in total. The van der Waals surface area contributed by atoms with Crippen LogP contribution in [0.4, 0.5) is 0 Å². The van der Waals surface area contributed by atoms with Crippen molar-refractivity contribution in [1.29, 1.82) is 0 Å². The molecule has 82 valence electrons. The lowest BCUT2D eigenvalue weighted by atomic mass is 10.0. The summed E-state index contributed by atoms with van der Waals surface area (Å²) in [6.45, 7) is 0. The molecule has 0 aliphatic rings. The molecule has 3 heteroatoms. The Morgan fingerprint density at radius 2 is 1.59 bits per heavy atom. The predicted octanol–water partition coefficient (Wildman–Crippen LogP) is 5.55. The van der Waals surface area contributed by atoms with Gasteiger partial charge in [-0.1, -0.05) is 53.0 Å². The number of benzene rings is 3. The van der Waals surface area contributed by atoms with Gasteiger partial charge in [-0.3, -0.25) is 0 Å². The zero-order valence-corrected chi connectivity index (χ0v) is 10.8. The van der Waals surface area contributed by atoms with Gasteiger partial charge in [0.05, 0.1) is 10.0 Å². The molecule has 0 spiro atoms. The maximum Gasteiger partial charge on any atom is 0.0677 e. The molecular weight excluding hydrogens is 275 g/mol. The summed E-state index contributed by atoms with van der Waals surface area (Å²) in [6.07, 6.45) is 0. The van der Waals surface area contributed by atoms with Gasteiger partial charge in [0.2, 0.25) is 0 Å². The first-order valence-electron chi connectivity index (χ1n) is 4.97. The van der Waals surface area contributed by atoms with Crippen molar-refractivity contribution in [2.45, 2.75) is 0 Å². The normalized spacial score (nSPS) is 11.2. The van der Waals surface area contributed by atoms with E-state index in [1.165, 1.54) is 0 Å². The van der Waals surface area contributed by atoms with E-state index >= 15 is 0 Å². The van der Waals surface area contributed by atoms with Crippen molar-refractivity contribution in [3.8, 4) is 0 Å². The van der Waals surface area contributed by atoms with Gasteiger partial charge in [-0.15, -0.1) is 0 Å². The fourth-order valence-corrected chi connectivity index (χ4v) is 2.46. The Bertz CT molecular complexity index is 732. The van der Waals surface area contributed by atoms with E-state index < -0.39 is 0 Å². The topological polar surface area (TPSA) is 0 Å². The lowest BCUT2D eigenvalue weighted by Crippen LogP contribution is -1.80. The fourth-order valence-electron chi connectivity index (χ4n) is 1.92. The molecule has 17 heavy (non-hydrogen) atoms. The van der Waals surface area contributed by atoms with E-state index in [-0.39, 0.29) is 0 Å². The first-order valence-corrected chi connectivity index (χ1v) is 6.10. The van der Waals surface area contributed by atoms with E-state index in [4.69, 9.17) is 34.8 Å². The number of fused-ring (bicyclic) bond motifs is 3. The Balaban J connectivity index is 2.53. The molecule has 3 rings (SSSR count). The second-order valence-corrected chi connectivity index (χ2v) is 4.87. The lowest BCUT2D eigenvalue weighted by Gasteiger charge is -2.06. The maximum atomic E-state index is 6.16. The van der Waals surface area contributed by atoms with Crippen LogP contribution in [0.15, 0.2) is 30.3 Å². The fraction of sp³-hybridized carbons (Fsp3) is 0. The van der Waals surface area contributed by atoms with Gasteiger partial charge < -0.3 is 0 Å². The summed E-state index contributed by atoms with van der Waals surface area (Å²) in [5.74, 6) is 0. The molecule has 0 nitrogen and oxygen atoms in total. The molecule has 2 radical (unpaired) electrons. The quantitative estimate of drug-likeness (QED) is 0.473. The highest BCUT2D eigenvalue weighted by Gasteiger charge is 2.07. The van der Waals surface area contributed by atoms with Gasteiger partial charge in [0.1, 0.15) is 0 Å². The van der Waals surface area contributed by atoms with Crippen molar-refractivity contribution < 1.29 is 0 Å². The van der Waals surface area contributed by atoms with Gasteiger partial charge >= 0.3 is 0 Å². The summed E-state index contributed by atoms with van der Waals surface area (Å²) < 4.78 is 0. The monoisotopic (exact) mass is 278 g/mol. The molecule has 0 saturated carbocycles. The second-order valence-electron chi connectivity index (χ2n) is 3.71. The van der Waals surface area contributed by atoms with Crippen LogP contribution < -0.4 is 0 Å². The Morgan fingerprint density at radius 1 is 0.824 bits per heavy atom. The molecular formula is C14H5Cl3. The van der Waals surface area contributed by atoms with Crippen LogP contribution in [0.1, 0.15) is 0 Å². The van der Waals surface area contributed by atoms with Gasteiger partial charge in [-0.2, -0.15) is 0 Å². The molecule has 0 saturated heterocycles. The van der Waals surface area contributed by atoms with Crippen LogP contribution in [0.25, 0.3) is 21.5 Å². The van der Waals surface area contributed by atoms with Crippen molar-refractivity contribution in [2.24, 2.45) is 0 Å². The second kappa shape index (κ2) is 4.06. The molecule has 3 aromatic rings. The largest absolute Gasteiger partial charge is 0.0836 e. The standard InChI is InChI=1S/C14H5Cl3/c15-9-2-4-10-8(7-9)1-3-12-11(10)5-6-13(16)14(12)17/h1-5H. The highest BCUT2D eigenvalue weighted by atomic mass is 35.5. The molecule has 0 aromatic heterocycles. The lowest BCUT2D eigenvalue weighted by molar-refractivity contribution is 1.74. The van der Waals surface area contributed by atoms with Gasteiger partial charge in [0.25, 0.3) is 0 Å². The molecule has 0 aliphatic heterocycles. The highest BCUT2D eigenvalue weighted by Crippen LogP contribution is 2.34. The molecule has 0 bridgehead atoms. The Kier molecular flexibility index (Phi) is 2.67. The van der Waals surface area contributed by atoms with Crippen LogP contribution in [0, 0.1) is 12.1 Å². The van der Waals surface area contributed by atoms with Gasteiger partial charge in [-0.25, -0.2) is 0 Å². The van der Waals surface area contributed by atoms with Crippen molar-refractivity contribution in [2.75, 3.05) is 0 Å². The van der Waals surface area contributed by atoms with Crippen LogP contribution in [-0.2, 0) is 0 Å². The summed E-state index contributed by atoms with van der Waals surface area (Å²) >= 11 is 18.0. The van der Waals surface area contributed by atoms with Gasteiger partial charge in [-0.05, 0) is 28.3 Å². The van der Waals surface area contributed by atoms with Crippen LogP contribution in [0.3, 0.4) is 0 Å². The smallest absolute Gasteiger partial charge is 0.0677 e. The van der Waals surface area contributed by atoms with Crippen LogP contribution in [0.5, 0.6) is 0 Å². The van der Waals surface area contributed by atoms with E-state index in [9.17, 15) is 0 Å². The minimum absolute atomic E-state index is 0.441. The van der Waals surface area contributed by atoms with E-state index in [2.05, 4.69) is 12.1 Å². The molecule has 0 unspecified atom stereocenters. The van der Waals surface area contributed by atoms with Crippen molar-refractivity contribution in [1.82, 2.24) is 0 Å². The van der Waals surface area contributed by atoms with Crippen molar-refractivity contribution >= 4 is 56.3 Å². The summed E-state index contributed by atoms with van der Waals surface area (Å²) in [4.78, 5) is 0. The van der Waals surface area contributed by atoms with E-state index in [0.29, 0.717) is 15.1 Å². The number of rotatable bonds is 0. The Hall–Kier alpha value is -0.950. The van der Waals surface area contributed by atoms with Crippen molar-refractivity contribution in [3.63, 3.8) is 0 Å². The number of hydrogen-bond donors (Lipinski definition) is 0. The Morgan fingerprint density at radius 3 is 2.41 bits per heavy atom. The van der Waals surface area contributed by atoms with Gasteiger partial charge in [0.15, 0.2) is 0 Å². The summed E-state index contributed by atoms with van der Waals surface area (Å²) in [5.41, 5.74) is 0. The molecule has 0 amide bonds. The molecule has 0 atom stereocenters. The zero-order chi connectivity index (χ0) is 12.0. The number of halogens is 3. The maximum absolute atomic E-state index is 6.16. The first kappa shape index (κ1) is 11.2.